The quantitative estimate of drug-likeness (QED) is 0.0312. The van der Waals surface area contributed by atoms with Crippen molar-refractivity contribution in [1.82, 2.24) is 21.3 Å². The van der Waals surface area contributed by atoms with E-state index in [0.29, 0.717) is 6.42 Å². The summed E-state index contributed by atoms with van der Waals surface area (Å²) in [6, 6.07) is -5.81. The van der Waals surface area contributed by atoms with Gasteiger partial charge in [0.1, 0.15) is 18.1 Å². The highest BCUT2D eigenvalue weighted by molar-refractivity contribution is 5.87. The Morgan fingerprint density at radius 1 is 0.379 bits per heavy atom. The van der Waals surface area contributed by atoms with Crippen molar-refractivity contribution in [2.75, 3.05) is 0 Å². The van der Waals surface area contributed by atoms with Crippen LogP contribution in [0.15, 0.2) is 0 Å². The van der Waals surface area contributed by atoms with Crippen LogP contribution >= 0.6 is 0 Å². The van der Waals surface area contributed by atoms with E-state index in [0.717, 1.165) is 64.2 Å². The molecule has 0 saturated heterocycles. The van der Waals surface area contributed by atoms with Crippen LogP contribution in [0.2, 0.25) is 0 Å². The van der Waals surface area contributed by atoms with E-state index in [1.54, 1.807) is 0 Å². The zero-order valence-electron chi connectivity index (χ0n) is 33.3. The largest absolute Gasteiger partial charge is 0.481 e. The number of amides is 5. The van der Waals surface area contributed by atoms with Crippen LogP contribution in [0.25, 0.3) is 0 Å². The molecule has 0 aliphatic carbocycles. The third-order valence-electron chi connectivity index (χ3n) is 9.33. The average molecular weight is 832 g/mol. The number of rotatable bonds is 37. The Balaban J connectivity index is 4.46. The van der Waals surface area contributed by atoms with Gasteiger partial charge in [0, 0.05) is 38.5 Å². The van der Waals surface area contributed by atoms with E-state index in [2.05, 4.69) is 21.3 Å². The standard InChI is InChI=1S/C38H65N5O15/c39-29(44)21-17-25(35(51)52)41-31(46)23-19-27(37(55)56)43-33(48)24-20-28(38(57)58)42-32(47)22-18-26(36(53)54)40-30(45)15-13-11-9-7-5-3-1-2-4-6-8-10-12-14-16-34(49)50/h25-28,37,55-56H,1-24H2,(H2,39,44)(H,40,45)(H,41,46)(H,42,47)(H,43,48)(H,49,50)(H,51,52)(H,53,54)(H,57,58)/t25-,26-,27-,28-/m0/s1. The first kappa shape index (κ1) is 53.1. The number of nitrogens with two attached hydrogens (primary N) is 1. The molecule has 0 aromatic rings. The van der Waals surface area contributed by atoms with Gasteiger partial charge in [0.25, 0.3) is 0 Å². The zero-order chi connectivity index (χ0) is 43.9. The van der Waals surface area contributed by atoms with E-state index < -0.39 is 110 Å². The summed E-state index contributed by atoms with van der Waals surface area (Å²) in [5.74, 6) is -8.83. The van der Waals surface area contributed by atoms with Crippen LogP contribution in [-0.4, -0.2) is 115 Å². The Morgan fingerprint density at radius 2 is 0.672 bits per heavy atom. The third-order valence-corrected chi connectivity index (χ3v) is 9.33. The molecule has 332 valence electrons. The highest BCUT2D eigenvalue weighted by Gasteiger charge is 2.27. The van der Waals surface area contributed by atoms with Gasteiger partial charge in [-0.15, -0.1) is 0 Å². The van der Waals surface area contributed by atoms with Gasteiger partial charge in [0.05, 0.1) is 6.04 Å². The van der Waals surface area contributed by atoms with E-state index >= 15 is 0 Å². The lowest BCUT2D eigenvalue weighted by molar-refractivity contribution is -0.143. The van der Waals surface area contributed by atoms with Crippen LogP contribution in [0, 0.1) is 0 Å². The molecule has 0 rings (SSSR count). The summed E-state index contributed by atoms with van der Waals surface area (Å²) in [6.07, 6.45) is 9.24. The Bertz CT molecular complexity index is 1310. The van der Waals surface area contributed by atoms with Crippen LogP contribution < -0.4 is 27.0 Å². The molecule has 0 heterocycles. The van der Waals surface area contributed by atoms with Gasteiger partial charge >= 0.3 is 23.9 Å². The van der Waals surface area contributed by atoms with Crippen LogP contribution in [0.3, 0.4) is 0 Å². The van der Waals surface area contributed by atoms with Crippen molar-refractivity contribution in [2.45, 2.75) is 185 Å². The fourth-order valence-corrected chi connectivity index (χ4v) is 5.95. The summed E-state index contributed by atoms with van der Waals surface area (Å²) < 4.78 is 0. The maximum absolute atomic E-state index is 12.5. The second-order valence-corrected chi connectivity index (χ2v) is 14.4. The second-order valence-electron chi connectivity index (χ2n) is 14.4. The van der Waals surface area contributed by atoms with E-state index in [1.807, 2.05) is 0 Å². The minimum absolute atomic E-state index is 0.112. The minimum Gasteiger partial charge on any atom is -0.481 e. The summed E-state index contributed by atoms with van der Waals surface area (Å²) in [5.41, 5.74) is 5.00. The van der Waals surface area contributed by atoms with Crippen molar-refractivity contribution < 1.29 is 73.8 Å². The number of nitrogens with one attached hydrogen (secondary N) is 4. The summed E-state index contributed by atoms with van der Waals surface area (Å²) in [4.78, 5) is 106. The first-order chi connectivity index (χ1) is 27.4. The second kappa shape index (κ2) is 32.1. The molecule has 0 saturated carbocycles. The maximum Gasteiger partial charge on any atom is 0.326 e. The molecule has 0 radical (unpaired) electrons. The molecular formula is C38H65N5O15. The van der Waals surface area contributed by atoms with Gasteiger partial charge in [-0.3, -0.25) is 28.8 Å². The highest BCUT2D eigenvalue weighted by atomic mass is 16.5. The van der Waals surface area contributed by atoms with Gasteiger partial charge in [-0.2, -0.15) is 0 Å². The smallest absolute Gasteiger partial charge is 0.326 e. The molecule has 12 N–H and O–H groups in total. The van der Waals surface area contributed by atoms with Gasteiger partial charge in [-0.1, -0.05) is 77.0 Å². The number of carboxylic acid groups (broad SMARTS) is 4. The fraction of sp³-hybridized carbons (Fsp3) is 0.763. The fourth-order valence-electron chi connectivity index (χ4n) is 5.95. The molecule has 0 bridgehead atoms. The summed E-state index contributed by atoms with van der Waals surface area (Å²) >= 11 is 0. The molecule has 20 heteroatoms. The van der Waals surface area contributed by atoms with Crippen molar-refractivity contribution in [3.05, 3.63) is 0 Å². The van der Waals surface area contributed by atoms with Crippen molar-refractivity contribution in [3.8, 4) is 0 Å². The first-order valence-corrected chi connectivity index (χ1v) is 20.1. The minimum atomic E-state index is -2.15. The van der Waals surface area contributed by atoms with Crippen molar-refractivity contribution >= 4 is 53.4 Å². The predicted molar refractivity (Wildman–Crippen MR) is 206 cm³/mol. The van der Waals surface area contributed by atoms with Crippen molar-refractivity contribution in [3.63, 3.8) is 0 Å². The van der Waals surface area contributed by atoms with Gasteiger partial charge in [0.2, 0.25) is 29.5 Å². The van der Waals surface area contributed by atoms with Crippen molar-refractivity contribution in [1.29, 1.82) is 0 Å². The van der Waals surface area contributed by atoms with Crippen molar-refractivity contribution in [2.24, 2.45) is 5.73 Å². The van der Waals surface area contributed by atoms with E-state index in [1.165, 1.54) is 19.3 Å². The molecule has 4 atom stereocenters. The van der Waals surface area contributed by atoms with Crippen LogP contribution in [0.1, 0.15) is 154 Å². The van der Waals surface area contributed by atoms with Crippen LogP contribution in [0.4, 0.5) is 0 Å². The van der Waals surface area contributed by atoms with Gasteiger partial charge < -0.3 is 57.6 Å². The number of aliphatic hydroxyl groups is 2. The number of primary amides is 1. The molecule has 0 unspecified atom stereocenters. The van der Waals surface area contributed by atoms with Crippen LogP contribution in [0.5, 0.6) is 0 Å². The molecule has 0 aliphatic heterocycles. The molecule has 20 nitrogen and oxygen atoms in total. The van der Waals surface area contributed by atoms with Gasteiger partial charge in [0.15, 0.2) is 6.29 Å². The topological polar surface area (TPSA) is 349 Å². The average Bonchev–Trinajstić information content (AvgIpc) is 3.14. The van der Waals surface area contributed by atoms with E-state index in [4.69, 9.17) is 10.8 Å². The maximum atomic E-state index is 12.5. The molecule has 0 spiro atoms. The molecule has 0 fully saturated rings. The first-order valence-electron chi connectivity index (χ1n) is 20.1. The predicted octanol–water partition coefficient (Wildman–Crippen LogP) is 1.42. The van der Waals surface area contributed by atoms with Crippen LogP contribution in [-0.2, 0) is 43.2 Å². The van der Waals surface area contributed by atoms with E-state index in [9.17, 15) is 68.7 Å². The number of carbonyl (C=O) groups is 9. The monoisotopic (exact) mass is 831 g/mol. The normalized spacial score (nSPS) is 13.1. The number of aliphatic carboxylic acids is 4. The summed E-state index contributed by atoms with van der Waals surface area (Å²) in [5, 5.41) is 65.2. The lowest BCUT2D eigenvalue weighted by Gasteiger charge is -2.22. The molecule has 0 aromatic carbocycles. The Labute approximate surface area is 338 Å². The third kappa shape index (κ3) is 29.4. The lowest BCUT2D eigenvalue weighted by atomic mass is 10.0. The summed E-state index contributed by atoms with van der Waals surface area (Å²) in [7, 11) is 0. The van der Waals surface area contributed by atoms with Gasteiger partial charge in [-0.05, 0) is 38.5 Å². The number of hydrogen-bond donors (Lipinski definition) is 11. The van der Waals surface area contributed by atoms with Gasteiger partial charge in [-0.25, -0.2) is 14.4 Å². The highest BCUT2D eigenvalue weighted by Crippen LogP contribution is 2.14. The Hall–Kier alpha value is -4.85. The number of carboxylic acids is 4. The number of carbonyl (C=O) groups excluding carboxylic acids is 5. The summed E-state index contributed by atoms with van der Waals surface area (Å²) in [6.45, 7) is 0. The molecule has 5 amide bonds. The Morgan fingerprint density at radius 3 is 1.00 bits per heavy atom. The zero-order valence-corrected chi connectivity index (χ0v) is 33.3. The van der Waals surface area contributed by atoms with E-state index in [-0.39, 0.29) is 38.5 Å². The number of aliphatic hydroxyl groups excluding tert-OH is 1. The number of unbranched alkanes of at least 4 members (excludes halogenated alkanes) is 13. The lowest BCUT2D eigenvalue weighted by Crippen LogP contribution is -2.46. The SMILES string of the molecule is NC(=O)CC[C@H](NC(=O)CC[C@H](NC(=O)CC[C@H](NC(=O)CC[C@H](NC(=O)CCCCCCCCCCCCCCCCC(=O)O)C(=O)O)C(=O)O)C(O)O)C(=O)O. The Kier molecular flexibility index (Phi) is 29.5. The molecule has 58 heavy (non-hydrogen) atoms. The number of hydrogen-bond acceptors (Lipinski definition) is 11. The molecular weight excluding hydrogens is 766 g/mol. The molecule has 0 aliphatic rings. The molecule has 0 aromatic heterocycles.